The van der Waals surface area contributed by atoms with Crippen LogP contribution in [0.3, 0.4) is 0 Å². The third-order valence-corrected chi connectivity index (χ3v) is 4.97. The minimum atomic E-state index is -0.472. The number of hydrogen-bond acceptors (Lipinski definition) is 6. The summed E-state index contributed by atoms with van der Waals surface area (Å²) in [5.41, 5.74) is 0.221. The van der Waals surface area contributed by atoms with Crippen LogP contribution in [0.2, 0.25) is 0 Å². The van der Waals surface area contributed by atoms with Crippen molar-refractivity contribution in [1.29, 1.82) is 0 Å². The maximum Gasteiger partial charge on any atom is 0.255 e. The van der Waals surface area contributed by atoms with Crippen molar-refractivity contribution in [2.24, 2.45) is 0 Å². The van der Waals surface area contributed by atoms with Gasteiger partial charge in [0.15, 0.2) is 5.82 Å². The highest BCUT2D eigenvalue weighted by atomic mass is 19.1. The predicted molar refractivity (Wildman–Crippen MR) is 89.1 cm³/mol. The number of rotatable bonds is 3. The normalized spacial score (nSPS) is 21.7. The van der Waals surface area contributed by atoms with Gasteiger partial charge in [-0.2, -0.15) is 10.2 Å². The van der Waals surface area contributed by atoms with Crippen LogP contribution in [0.15, 0.2) is 36.8 Å². The number of piperidine rings is 1. The molecular weight excluding hydrogens is 339 g/mol. The molecule has 0 radical (unpaired) electrons. The summed E-state index contributed by atoms with van der Waals surface area (Å²) in [5, 5.41) is 7.45. The number of ether oxygens (including phenoxy) is 2. The Morgan fingerprint density at radius 2 is 2.12 bits per heavy atom. The molecule has 2 aliphatic rings. The SMILES string of the molecule is O=C(c1ccnnc1)N1CCC2(CC1)C[C@@H](Oc1ncccc1F)CO2. The fourth-order valence-corrected chi connectivity index (χ4v) is 3.56. The summed E-state index contributed by atoms with van der Waals surface area (Å²) in [6.07, 6.45) is 6.38. The van der Waals surface area contributed by atoms with Gasteiger partial charge in [-0.1, -0.05) is 0 Å². The molecule has 4 rings (SSSR count). The van der Waals surface area contributed by atoms with E-state index in [-0.39, 0.29) is 23.5 Å². The molecule has 2 aromatic rings. The molecule has 1 atom stereocenters. The van der Waals surface area contributed by atoms with Gasteiger partial charge in [0, 0.05) is 25.7 Å². The molecule has 8 heteroatoms. The monoisotopic (exact) mass is 358 g/mol. The van der Waals surface area contributed by atoms with Gasteiger partial charge in [0.2, 0.25) is 0 Å². The number of likely N-dealkylation sites (tertiary alicyclic amines) is 1. The van der Waals surface area contributed by atoms with E-state index in [0.717, 1.165) is 12.8 Å². The second kappa shape index (κ2) is 6.95. The third-order valence-electron chi connectivity index (χ3n) is 4.97. The molecule has 2 saturated heterocycles. The highest BCUT2D eigenvalue weighted by Crippen LogP contribution is 2.37. The summed E-state index contributed by atoms with van der Waals surface area (Å²) in [4.78, 5) is 18.2. The zero-order valence-corrected chi connectivity index (χ0v) is 14.2. The van der Waals surface area contributed by atoms with E-state index in [1.165, 1.54) is 30.7 Å². The molecular formula is C18H19FN4O3. The first-order valence-corrected chi connectivity index (χ1v) is 8.62. The van der Waals surface area contributed by atoms with Crippen LogP contribution in [0.4, 0.5) is 4.39 Å². The molecule has 1 amide bonds. The summed E-state index contributed by atoms with van der Waals surface area (Å²) in [6.45, 7) is 1.61. The molecule has 0 bridgehead atoms. The van der Waals surface area contributed by atoms with E-state index in [1.807, 2.05) is 0 Å². The molecule has 0 N–H and O–H groups in total. The topological polar surface area (TPSA) is 77.4 Å². The molecule has 0 aliphatic carbocycles. The van der Waals surface area contributed by atoms with Crippen LogP contribution >= 0.6 is 0 Å². The van der Waals surface area contributed by atoms with Crippen LogP contribution in [0, 0.1) is 5.82 Å². The van der Waals surface area contributed by atoms with E-state index < -0.39 is 5.82 Å². The Labute approximate surface area is 150 Å². The number of carbonyl (C=O) groups is 1. The molecule has 2 aliphatic heterocycles. The fraction of sp³-hybridized carbons (Fsp3) is 0.444. The van der Waals surface area contributed by atoms with E-state index in [4.69, 9.17) is 9.47 Å². The van der Waals surface area contributed by atoms with Gasteiger partial charge in [-0.3, -0.25) is 4.79 Å². The first kappa shape index (κ1) is 16.8. The van der Waals surface area contributed by atoms with Gasteiger partial charge in [-0.25, -0.2) is 9.37 Å². The van der Waals surface area contributed by atoms with Crippen LogP contribution in [0.5, 0.6) is 5.88 Å². The van der Waals surface area contributed by atoms with Crippen molar-refractivity contribution >= 4 is 5.91 Å². The highest BCUT2D eigenvalue weighted by molar-refractivity contribution is 5.93. The number of hydrogen-bond donors (Lipinski definition) is 0. The fourth-order valence-electron chi connectivity index (χ4n) is 3.56. The Kier molecular flexibility index (Phi) is 4.50. The Balaban J connectivity index is 1.34. The summed E-state index contributed by atoms with van der Waals surface area (Å²) in [6, 6.07) is 4.52. The van der Waals surface area contributed by atoms with Gasteiger partial charge < -0.3 is 14.4 Å². The molecule has 1 spiro atoms. The standard InChI is InChI=1S/C18H19FN4O3/c19-15-2-1-6-20-16(15)26-14-10-18(25-12-14)4-8-23(9-5-18)17(24)13-3-7-21-22-11-13/h1-3,6-7,11,14H,4-5,8-10,12H2/t14-/m1/s1. The largest absolute Gasteiger partial charge is 0.470 e. The van der Waals surface area contributed by atoms with Gasteiger partial charge in [-0.15, -0.1) is 0 Å². The zero-order valence-electron chi connectivity index (χ0n) is 14.2. The van der Waals surface area contributed by atoms with Crippen molar-refractivity contribution in [3.8, 4) is 5.88 Å². The van der Waals surface area contributed by atoms with Crippen molar-refractivity contribution in [1.82, 2.24) is 20.1 Å². The number of aromatic nitrogens is 3. The van der Waals surface area contributed by atoms with Gasteiger partial charge >= 0.3 is 0 Å². The van der Waals surface area contributed by atoms with Crippen LogP contribution in [0.25, 0.3) is 0 Å². The number of amides is 1. The molecule has 0 saturated carbocycles. The van der Waals surface area contributed by atoms with Crippen molar-refractivity contribution in [2.75, 3.05) is 19.7 Å². The third kappa shape index (κ3) is 3.37. The first-order chi connectivity index (χ1) is 12.7. The summed E-state index contributed by atoms with van der Waals surface area (Å²) in [5.74, 6) is -0.508. The van der Waals surface area contributed by atoms with E-state index in [0.29, 0.717) is 31.7 Å². The highest BCUT2D eigenvalue weighted by Gasteiger charge is 2.44. The molecule has 2 fully saturated rings. The van der Waals surface area contributed by atoms with Crippen LogP contribution < -0.4 is 4.74 Å². The maximum absolute atomic E-state index is 13.7. The molecule has 26 heavy (non-hydrogen) atoms. The zero-order chi connectivity index (χ0) is 18.0. The predicted octanol–water partition coefficient (Wildman–Crippen LogP) is 1.85. The number of halogens is 1. The lowest BCUT2D eigenvalue weighted by atomic mass is 9.88. The second-order valence-corrected chi connectivity index (χ2v) is 6.65. The van der Waals surface area contributed by atoms with Crippen molar-refractivity contribution < 1.29 is 18.7 Å². The van der Waals surface area contributed by atoms with Crippen molar-refractivity contribution in [3.05, 3.63) is 48.2 Å². The summed E-state index contributed by atoms with van der Waals surface area (Å²) < 4.78 is 25.4. The Morgan fingerprint density at radius 3 is 2.85 bits per heavy atom. The van der Waals surface area contributed by atoms with E-state index in [9.17, 15) is 9.18 Å². The Bertz CT molecular complexity index is 781. The molecule has 7 nitrogen and oxygen atoms in total. The Morgan fingerprint density at radius 1 is 1.27 bits per heavy atom. The number of carbonyl (C=O) groups excluding carboxylic acids is 1. The quantitative estimate of drug-likeness (QED) is 0.833. The first-order valence-electron chi connectivity index (χ1n) is 8.62. The van der Waals surface area contributed by atoms with Crippen LogP contribution in [-0.4, -0.2) is 57.4 Å². The number of pyridine rings is 1. The van der Waals surface area contributed by atoms with Crippen LogP contribution in [0.1, 0.15) is 29.6 Å². The smallest absolute Gasteiger partial charge is 0.255 e. The van der Waals surface area contributed by atoms with E-state index in [1.54, 1.807) is 11.0 Å². The molecule has 0 unspecified atom stereocenters. The minimum Gasteiger partial charge on any atom is -0.470 e. The van der Waals surface area contributed by atoms with Crippen molar-refractivity contribution in [2.45, 2.75) is 31.0 Å². The maximum atomic E-state index is 13.7. The van der Waals surface area contributed by atoms with Gasteiger partial charge in [-0.05, 0) is 31.0 Å². The lowest BCUT2D eigenvalue weighted by molar-refractivity contribution is -0.0396. The summed E-state index contributed by atoms with van der Waals surface area (Å²) >= 11 is 0. The molecule has 4 heterocycles. The average molecular weight is 358 g/mol. The molecule has 2 aromatic heterocycles. The van der Waals surface area contributed by atoms with Gasteiger partial charge in [0.1, 0.15) is 6.10 Å². The minimum absolute atomic E-state index is 0.0101. The lowest BCUT2D eigenvalue weighted by Crippen LogP contribution is -2.46. The number of nitrogens with zero attached hydrogens (tertiary/aromatic N) is 4. The van der Waals surface area contributed by atoms with Gasteiger partial charge in [0.25, 0.3) is 11.8 Å². The Hall–Kier alpha value is -2.61. The van der Waals surface area contributed by atoms with Crippen LogP contribution in [-0.2, 0) is 4.74 Å². The van der Waals surface area contributed by atoms with E-state index in [2.05, 4.69) is 15.2 Å². The van der Waals surface area contributed by atoms with E-state index >= 15 is 0 Å². The lowest BCUT2D eigenvalue weighted by Gasteiger charge is -2.38. The average Bonchev–Trinajstić information content (AvgIpc) is 3.06. The van der Waals surface area contributed by atoms with Crippen molar-refractivity contribution in [3.63, 3.8) is 0 Å². The summed E-state index contributed by atoms with van der Waals surface area (Å²) in [7, 11) is 0. The molecule has 136 valence electrons. The van der Waals surface area contributed by atoms with Gasteiger partial charge in [0.05, 0.1) is 30.2 Å². The molecule has 0 aromatic carbocycles. The second-order valence-electron chi connectivity index (χ2n) is 6.65.